The standard InChI is InChI=1S/C17H46O2Si5/c1-17(2,3)23(13,14)19-24(15-20(4,5)6,16-21(7,8)9)18-22(10,11)12/h15-16H2,1-14H3. The lowest BCUT2D eigenvalue weighted by Gasteiger charge is -2.49. The molecule has 0 saturated carbocycles. The summed E-state index contributed by atoms with van der Waals surface area (Å²) < 4.78 is 14.3. The maximum absolute atomic E-state index is 7.28. The number of rotatable bonds is 8. The van der Waals surface area contributed by atoms with Gasteiger partial charge >= 0.3 is 8.56 Å². The summed E-state index contributed by atoms with van der Waals surface area (Å²) in [6.45, 7) is 33.9. The van der Waals surface area contributed by atoms with Crippen LogP contribution in [0.4, 0.5) is 0 Å². The van der Waals surface area contributed by atoms with Crippen molar-refractivity contribution >= 4 is 41.3 Å². The van der Waals surface area contributed by atoms with Gasteiger partial charge in [-0.3, -0.25) is 0 Å². The van der Waals surface area contributed by atoms with Gasteiger partial charge in [-0.15, -0.1) is 0 Å². The largest absolute Gasteiger partial charge is 0.437 e. The quantitative estimate of drug-likeness (QED) is 0.390. The first kappa shape index (κ1) is 25.0. The highest BCUT2D eigenvalue weighted by Crippen LogP contribution is 2.43. The predicted molar refractivity (Wildman–Crippen MR) is 125 cm³/mol. The molecular formula is C17H46O2Si5. The Morgan fingerprint density at radius 3 is 1.12 bits per heavy atom. The molecule has 0 radical (unpaired) electrons. The molecule has 0 fully saturated rings. The van der Waals surface area contributed by atoms with E-state index in [2.05, 4.69) is 92.8 Å². The van der Waals surface area contributed by atoms with Crippen molar-refractivity contribution in [3.05, 3.63) is 0 Å². The second-order valence-electron chi connectivity index (χ2n) is 12.5. The van der Waals surface area contributed by atoms with Crippen LogP contribution in [0.5, 0.6) is 0 Å². The lowest BCUT2D eigenvalue weighted by molar-refractivity contribution is 0.367. The van der Waals surface area contributed by atoms with Crippen molar-refractivity contribution in [1.29, 1.82) is 0 Å². The van der Waals surface area contributed by atoms with Gasteiger partial charge in [0, 0.05) is 16.1 Å². The maximum atomic E-state index is 7.28. The van der Waals surface area contributed by atoms with Gasteiger partial charge in [0.25, 0.3) is 0 Å². The summed E-state index contributed by atoms with van der Waals surface area (Å²) in [6.07, 6.45) is 0. The van der Waals surface area contributed by atoms with E-state index in [9.17, 15) is 0 Å². The van der Waals surface area contributed by atoms with Crippen molar-refractivity contribution in [2.75, 3.05) is 0 Å². The second kappa shape index (κ2) is 7.56. The highest BCUT2D eigenvalue weighted by atomic mass is 28.5. The average molecular weight is 423 g/mol. The first-order valence-electron chi connectivity index (χ1n) is 9.48. The van der Waals surface area contributed by atoms with Gasteiger partial charge in [0.2, 0.25) is 0 Å². The Labute approximate surface area is 158 Å². The van der Waals surface area contributed by atoms with E-state index < -0.39 is 41.3 Å². The first-order valence-corrected chi connectivity index (χ1v) is 25.4. The number of hydrogen-bond acceptors (Lipinski definition) is 2. The highest BCUT2D eigenvalue weighted by molar-refractivity contribution is 7.03. The Morgan fingerprint density at radius 1 is 0.583 bits per heavy atom. The van der Waals surface area contributed by atoms with Crippen LogP contribution in [0.1, 0.15) is 20.8 Å². The van der Waals surface area contributed by atoms with Gasteiger partial charge < -0.3 is 8.23 Å². The molecule has 0 unspecified atom stereocenters. The van der Waals surface area contributed by atoms with Crippen molar-refractivity contribution in [3.8, 4) is 0 Å². The summed E-state index contributed by atoms with van der Waals surface area (Å²) in [4.78, 5) is 0. The third-order valence-electron chi connectivity index (χ3n) is 4.34. The highest BCUT2D eigenvalue weighted by Gasteiger charge is 2.52. The van der Waals surface area contributed by atoms with Crippen molar-refractivity contribution in [3.63, 3.8) is 0 Å². The minimum Gasteiger partial charge on any atom is -0.437 e. The molecule has 146 valence electrons. The predicted octanol–water partition coefficient (Wildman–Crippen LogP) is 7.06. The molecule has 0 aromatic heterocycles. The van der Waals surface area contributed by atoms with Crippen LogP contribution in [0.25, 0.3) is 0 Å². The molecular weight excluding hydrogens is 377 g/mol. The average Bonchev–Trinajstić information content (AvgIpc) is 2.02. The fourth-order valence-corrected chi connectivity index (χ4v) is 31.3. The van der Waals surface area contributed by atoms with E-state index in [4.69, 9.17) is 8.23 Å². The van der Waals surface area contributed by atoms with E-state index in [1.54, 1.807) is 0 Å². The van der Waals surface area contributed by atoms with Crippen LogP contribution in [-0.2, 0) is 8.23 Å². The summed E-state index contributed by atoms with van der Waals surface area (Å²) in [5.74, 6) is 0. The molecule has 2 nitrogen and oxygen atoms in total. The van der Waals surface area contributed by atoms with E-state index in [-0.39, 0.29) is 5.04 Å². The van der Waals surface area contributed by atoms with Crippen molar-refractivity contribution in [2.24, 2.45) is 0 Å². The van der Waals surface area contributed by atoms with Crippen LogP contribution in [-0.4, -0.2) is 41.3 Å². The summed E-state index contributed by atoms with van der Waals surface area (Å²) in [5, 5.41) is 0.243. The Morgan fingerprint density at radius 2 is 0.917 bits per heavy atom. The minimum atomic E-state index is -2.20. The maximum Gasteiger partial charge on any atom is 0.312 e. The smallest absolute Gasteiger partial charge is 0.312 e. The van der Waals surface area contributed by atoms with E-state index in [0.717, 1.165) is 0 Å². The molecule has 0 aliphatic carbocycles. The van der Waals surface area contributed by atoms with Crippen LogP contribution in [0.3, 0.4) is 0 Å². The lowest BCUT2D eigenvalue weighted by Crippen LogP contribution is -2.62. The Kier molecular flexibility index (Phi) is 7.87. The minimum absolute atomic E-state index is 0.243. The Hall–Kier alpha value is 1.00. The fraction of sp³-hybridized carbons (Fsp3) is 1.00. The van der Waals surface area contributed by atoms with Gasteiger partial charge in [0.15, 0.2) is 16.6 Å². The molecule has 0 bridgehead atoms. The molecule has 0 aliphatic rings. The Bertz CT molecular complexity index is 368. The number of hydrogen-bond donors (Lipinski definition) is 0. The topological polar surface area (TPSA) is 18.5 Å². The van der Waals surface area contributed by atoms with E-state index in [1.807, 2.05) is 0 Å². The molecule has 0 aromatic rings. The third kappa shape index (κ3) is 9.63. The third-order valence-corrected chi connectivity index (χ3v) is 28.2. The summed E-state index contributed by atoms with van der Waals surface area (Å²) in [5.41, 5.74) is 2.50. The van der Waals surface area contributed by atoms with Crippen LogP contribution >= 0.6 is 0 Å². The van der Waals surface area contributed by atoms with Crippen LogP contribution in [0, 0.1) is 0 Å². The summed E-state index contributed by atoms with van der Waals surface area (Å²) >= 11 is 0. The molecule has 7 heteroatoms. The molecule has 0 rings (SSSR count). The SMILES string of the molecule is CC(C)(C)[Si](C)(C)O[Si](C[Si](C)(C)C)(C[Si](C)(C)C)O[Si](C)(C)C. The van der Waals surface area contributed by atoms with Gasteiger partial charge in [0.05, 0.1) is 0 Å². The summed E-state index contributed by atoms with van der Waals surface area (Å²) in [7, 11) is -8.23. The molecule has 0 aromatic carbocycles. The second-order valence-corrected chi connectivity index (χ2v) is 37.7. The van der Waals surface area contributed by atoms with Crippen LogP contribution < -0.4 is 0 Å². The van der Waals surface area contributed by atoms with Gasteiger partial charge in [0.1, 0.15) is 0 Å². The first-order chi connectivity index (χ1) is 10.1. The zero-order valence-electron chi connectivity index (χ0n) is 19.2. The molecule has 0 heterocycles. The van der Waals surface area contributed by atoms with Gasteiger partial charge in [-0.2, -0.15) is 0 Å². The van der Waals surface area contributed by atoms with Gasteiger partial charge in [-0.05, 0) is 49.1 Å². The lowest BCUT2D eigenvalue weighted by atomic mass is 10.2. The van der Waals surface area contributed by atoms with Crippen LogP contribution in [0.15, 0.2) is 0 Å². The molecule has 24 heavy (non-hydrogen) atoms. The normalized spacial score (nSPS) is 15.8. The van der Waals surface area contributed by atoms with Crippen molar-refractivity contribution < 1.29 is 8.23 Å². The van der Waals surface area contributed by atoms with Gasteiger partial charge in [-0.25, -0.2) is 0 Å². The Balaban J connectivity index is 6.07. The molecule has 0 saturated heterocycles. The molecule has 0 spiro atoms. The van der Waals surface area contributed by atoms with Crippen molar-refractivity contribution in [2.45, 2.75) is 109 Å². The zero-order valence-corrected chi connectivity index (χ0v) is 24.2. The molecule has 0 aliphatic heterocycles. The molecule has 0 amide bonds. The summed E-state index contributed by atoms with van der Waals surface area (Å²) in [6, 6.07) is 0. The van der Waals surface area contributed by atoms with Crippen molar-refractivity contribution in [1.82, 2.24) is 0 Å². The van der Waals surface area contributed by atoms with E-state index in [0.29, 0.717) is 0 Å². The van der Waals surface area contributed by atoms with Gasteiger partial charge in [-0.1, -0.05) is 60.1 Å². The molecule has 0 N–H and O–H groups in total. The van der Waals surface area contributed by atoms with Crippen LogP contribution in [0.2, 0.25) is 88.4 Å². The van der Waals surface area contributed by atoms with E-state index in [1.165, 1.54) is 11.3 Å². The molecule has 0 atom stereocenters. The fourth-order valence-electron chi connectivity index (χ4n) is 3.02. The monoisotopic (exact) mass is 422 g/mol. The van der Waals surface area contributed by atoms with E-state index >= 15 is 0 Å². The zero-order chi connectivity index (χ0) is 19.8.